The Morgan fingerprint density at radius 3 is 2.36 bits per heavy atom. The van der Waals surface area contributed by atoms with Gasteiger partial charge in [0.1, 0.15) is 4.70 Å². The van der Waals surface area contributed by atoms with Crippen molar-refractivity contribution in [1.29, 1.82) is 0 Å². The van der Waals surface area contributed by atoms with Crippen molar-refractivity contribution >= 4 is 64.9 Å². The smallest absolute Gasteiger partial charge is 0.266 e. The van der Waals surface area contributed by atoms with Crippen LogP contribution >= 0.6 is 22.7 Å². The van der Waals surface area contributed by atoms with E-state index in [0.29, 0.717) is 30.3 Å². The molecular weight excluding hydrogens is 677 g/mol. The van der Waals surface area contributed by atoms with Gasteiger partial charge in [0.2, 0.25) is 11.4 Å². The molecule has 9 nitrogen and oxygen atoms in total. The molecule has 0 atom stereocenters. The molecule has 1 aliphatic heterocycles. The number of fused-ring (bicyclic) bond motifs is 2. The first-order valence-corrected chi connectivity index (χ1v) is 19.9. The average molecular weight is 710 g/mol. The Morgan fingerprint density at radius 1 is 0.894 bits per heavy atom. The topological polar surface area (TPSA) is 125 Å². The number of aromatic nitrogens is 1. The molecule has 2 N–H and O–H groups in total. The molecule has 0 aliphatic carbocycles. The van der Waals surface area contributed by atoms with E-state index in [1.807, 2.05) is 79.1 Å². The molecule has 0 spiro atoms. The van der Waals surface area contributed by atoms with Gasteiger partial charge in [-0.1, -0.05) is 66.8 Å². The predicted octanol–water partition coefficient (Wildman–Crippen LogP) is 7.28. The zero-order valence-electron chi connectivity index (χ0n) is 25.4. The van der Waals surface area contributed by atoms with Gasteiger partial charge in [0.05, 0.1) is 17.2 Å². The normalized spacial score (nSPS) is 14.6. The van der Waals surface area contributed by atoms with Gasteiger partial charge < -0.3 is 9.64 Å². The van der Waals surface area contributed by atoms with Crippen molar-refractivity contribution in [2.24, 2.45) is 0 Å². The van der Waals surface area contributed by atoms with E-state index in [2.05, 4.69) is 28.8 Å². The molecule has 6 rings (SSSR count). The van der Waals surface area contributed by atoms with Crippen LogP contribution in [-0.4, -0.2) is 44.0 Å². The van der Waals surface area contributed by atoms with Gasteiger partial charge >= 0.3 is 0 Å². The Labute approximate surface area is 282 Å². The molecule has 5 aromatic rings. The number of benzene rings is 3. The third-order valence-electron chi connectivity index (χ3n) is 7.76. The first kappa shape index (κ1) is 33.1. The van der Waals surface area contributed by atoms with E-state index in [-0.39, 0.29) is 18.7 Å². The Kier molecular flexibility index (Phi) is 9.65. The fraction of sp³-hybridized carbons (Fsp3) is 0.206. The lowest BCUT2D eigenvalue weighted by molar-refractivity contribution is -0.668. The lowest BCUT2D eigenvalue weighted by Gasteiger charge is -2.18. The van der Waals surface area contributed by atoms with Crippen LogP contribution in [0.3, 0.4) is 0 Å². The number of aryl methyl sites for hydroxylation is 1. The van der Waals surface area contributed by atoms with E-state index in [0.717, 1.165) is 42.4 Å². The molecule has 0 fully saturated rings. The summed E-state index contributed by atoms with van der Waals surface area (Å²) < 4.78 is 75.0. The summed E-state index contributed by atoms with van der Waals surface area (Å²) >= 11 is 3.21. The number of rotatable bonds is 12. The lowest BCUT2D eigenvalue weighted by Crippen LogP contribution is -2.36. The molecule has 0 saturated heterocycles. The molecule has 0 radical (unpaired) electrons. The zero-order chi connectivity index (χ0) is 33.2. The number of hydrogen-bond acceptors (Lipinski definition) is 8. The second-order valence-corrected chi connectivity index (χ2v) is 16.2. The quantitative estimate of drug-likeness (QED) is 0.102. The number of nitrogens with zero attached hydrogens (tertiary/aromatic N) is 2. The van der Waals surface area contributed by atoms with Crippen molar-refractivity contribution < 1.29 is 35.2 Å². The number of allylic oxidation sites excluding steroid dienone is 2. The highest BCUT2D eigenvalue weighted by Gasteiger charge is 2.29. The Balaban J connectivity index is 1.40. The predicted molar refractivity (Wildman–Crippen MR) is 189 cm³/mol. The molecule has 3 aromatic carbocycles. The molecule has 47 heavy (non-hydrogen) atoms. The third-order valence-corrected chi connectivity index (χ3v) is 11.3. The first-order chi connectivity index (χ1) is 22.5. The molecule has 13 heteroatoms. The first-order valence-electron chi connectivity index (χ1n) is 14.9. The maximum Gasteiger partial charge on any atom is 0.266 e. The third kappa shape index (κ3) is 8.00. The molecule has 2 aromatic heterocycles. The number of thiazole rings is 1. The Morgan fingerprint density at radius 2 is 1.66 bits per heavy atom. The number of anilines is 1. The summed E-state index contributed by atoms with van der Waals surface area (Å²) in [5, 5.41) is 2.91. The van der Waals surface area contributed by atoms with Gasteiger partial charge in [-0.3, -0.25) is 9.11 Å². The van der Waals surface area contributed by atoms with Crippen molar-refractivity contribution in [1.82, 2.24) is 0 Å². The van der Waals surface area contributed by atoms with Gasteiger partial charge in [0, 0.05) is 36.1 Å². The van der Waals surface area contributed by atoms with Gasteiger partial charge in [-0.2, -0.15) is 21.4 Å². The molecule has 0 bridgehead atoms. The summed E-state index contributed by atoms with van der Waals surface area (Å²) in [5.41, 5.74) is 5.54. The van der Waals surface area contributed by atoms with E-state index in [1.165, 1.54) is 0 Å². The molecule has 0 unspecified atom stereocenters. The van der Waals surface area contributed by atoms with Crippen LogP contribution in [-0.2, 0) is 26.8 Å². The van der Waals surface area contributed by atoms with Crippen molar-refractivity contribution in [3.63, 3.8) is 0 Å². The highest BCUT2D eigenvalue weighted by Crippen LogP contribution is 2.42. The van der Waals surface area contributed by atoms with E-state index in [9.17, 15) is 25.9 Å². The molecular formula is C34H33N2O7S4+. The fourth-order valence-corrected chi connectivity index (χ4v) is 8.24. The largest absolute Gasteiger partial charge is 0.439 e. The van der Waals surface area contributed by atoms with E-state index >= 15 is 0 Å². The molecule has 0 saturated carbocycles. The number of hydrogen-bond donors (Lipinski definition) is 2. The van der Waals surface area contributed by atoms with E-state index in [4.69, 9.17) is 4.74 Å². The van der Waals surface area contributed by atoms with Crippen molar-refractivity contribution in [2.75, 3.05) is 23.0 Å². The molecule has 1 aliphatic rings. The summed E-state index contributed by atoms with van der Waals surface area (Å²) in [5.74, 6) is 0.172. The maximum atomic E-state index is 11.8. The van der Waals surface area contributed by atoms with Crippen LogP contribution < -0.4 is 14.2 Å². The van der Waals surface area contributed by atoms with Gasteiger partial charge in [0.25, 0.3) is 25.2 Å². The number of thiophene rings is 1. The minimum Gasteiger partial charge on any atom is -0.439 e. The molecule has 3 heterocycles. The van der Waals surface area contributed by atoms with Gasteiger partial charge in [-0.05, 0) is 58.3 Å². The van der Waals surface area contributed by atoms with Crippen molar-refractivity contribution in [2.45, 2.75) is 26.3 Å². The van der Waals surface area contributed by atoms with Gasteiger partial charge in [0.15, 0.2) is 12.3 Å². The minimum absolute atomic E-state index is 0.0169. The maximum absolute atomic E-state index is 11.8. The van der Waals surface area contributed by atoms with Crippen molar-refractivity contribution in [3.05, 3.63) is 107 Å². The number of ether oxygens (including phenoxy) is 1. The molecule has 0 amide bonds. The van der Waals surface area contributed by atoms with Crippen LogP contribution in [0, 0.1) is 0 Å². The summed E-state index contributed by atoms with van der Waals surface area (Å²) in [7, 11) is -8.36. The summed E-state index contributed by atoms with van der Waals surface area (Å²) in [6.45, 7) is 2.36. The fourth-order valence-electron chi connectivity index (χ4n) is 5.46. The molecule has 244 valence electrons. The Hall–Kier alpha value is -3.85. The lowest BCUT2D eigenvalue weighted by atomic mass is 10.0. The Bertz CT molecular complexity index is 2190. The summed E-state index contributed by atoms with van der Waals surface area (Å²) in [4.78, 5) is 2.88. The van der Waals surface area contributed by atoms with Gasteiger partial charge in [-0.15, -0.1) is 11.3 Å². The monoisotopic (exact) mass is 709 g/mol. The van der Waals surface area contributed by atoms with Crippen LogP contribution in [0.2, 0.25) is 0 Å². The van der Waals surface area contributed by atoms with E-state index < -0.39 is 26.0 Å². The second-order valence-electron chi connectivity index (χ2n) is 11.0. The average Bonchev–Trinajstić information content (AvgIpc) is 3.77. The van der Waals surface area contributed by atoms with Gasteiger partial charge in [-0.25, -0.2) is 0 Å². The SMILES string of the molecule is CCC(/C=C1\Oc2ccc(-c3ccccc3)cc2N1CCS(=O)(=O)O)=C\c1sc2ccc(-c3cccs3)cc2[n+]1CCCS(=O)(=O)O. The van der Waals surface area contributed by atoms with E-state index in [1.54, 1.807) is 27.6 Å². The second kappa shape index (κ2) is 13.7. The van der Waals surface area contributed by atoms with Crippen molar-refractivity contribution in [3.8, 4) is 27.3 Å². The highest BCUT2D eigenvalue weighted by molar-refractivity contribution is 7.86. The highest BCUT2D eigenvalue weighted by atomic mass is 32.2. The van der Waals surface area contributed by atoms with Crippen LogP contribution in [0.15, 0.2) is 102 Å². The van der Waals surface area contributed by atoms with Crippen LogP contribution in [0.25, 0.3) is 37.9 Å². The van der Waals surface area contributed by atoms with Crippen LogP contribution in [0.4, 0.5) is 5.69 Å². The van der Waals surface area contributed by atoms with Crippen LogP contribution in [0.1, 0.15) is 24.8 Å². The van der Waals surface area contributed by atoms with Crippen LogP contribution in [0.5, 0.6) is 5.75 Å². The minimum atomic E-state index is -4.24. The zero-order valence-corrected chi connectivity index (χ0v) is 28.7. The summed E-state index contributed by atoms with van der Waals surface area (Å²) in [6.07, 6.45) is 4.74. The standard InChI is InChI=1S/C34H32N2O7S4/c1-2-24(20-33-35(16-19-47(40,41)42)28-22-26(11-13-30(28)43-33)25-8-4-3-5-9-25)21-34-36(15-7-18-46(37,38)39)29-23-27(12-14-32(29)45-34)31-10-6-17-44-31/h3-6,8-14,17,20-23H,2,7,15-16,18-19H2,1H3,(H-,37,38,39,40,41,42)/p+1. The summed E-state index contributed by atoms with van der Waals surface area (Å²) in [6, 6.07) is 25.9.